The van der Waals surface area contributed by atoms with E-state index in [1.807, 2.05) is 0 Å². The number of fused-ring (bicyclic) bond motifs is 1. The van der Waals surface area contributed by atoms with Gasteiger partial charge in [0.05, 0.1) is 25.3 Å². The number of amides is 1. The molecule has 3 atom stereocenters. The maximum Gasteiger partial charge on any atom is 0.283 e. The summed E-state index contributed by atoms with van der Waals surface area (Å²) in [4.78, 5) is 20.1. The van der Waals surface area contributed by atoms with E-state index in [0.717, 1.165) is 18.3 Å². The first-order valence-electron chi connectivity index (χ1n) is 8.81. The van der Waals surface area contributed by atoms with Crippen molar-refractivity contribution in [3.05, 3.63) is 59.4 Å². The van der Waals surface area contributed by atoms with Crippen LogP contribution in [0.1, 0.15) is 16.1 Å². The molecule has 0 unspecified atom stereocenters. The zero-order valence-corrected chi connectivity index (χ0v) is 15.1. The molecular formula is C19H17F3N4O3. The fraction of sp³-hybridized carbons (Fsp3) is 0.316. The summed E-state index contributed by atoms with van der Waals surface area (Å²) in [7, 11) is 0. The average molecular weight is 406 g/mol. The monoisotopic (exact) mass is 406 g/mol. The third kappa shape index (κ3) is 3.39. The zero-order valence-electron chi connectivity index (χ0n) is 15.1. The van der Waals surface area contributed by atoms with Crippen LogP contribution in [0.25, 0.3) is 0 Å². The number of nitrogens with zero attached hydrogens (tertiary/aromatic N) is 2. The van der Waals surface area contributed by atoms with Crippen molar-refractivity contribution < 1.29 is 27.4 Å². The molecule has 0 bridgehead atoms. The first-order chi connectivity index (χ1) is 13.9. The van der Waals surface area contributed by atoms with Crippen molar-refractivity contribution in [1.29, 1.82) is 0 Å². The lowest BCUT2D eigenvalue weighted by molar-refractivity contribution is 0.0614. The van der Waals surface area contributed by atoms with Crippen LogP contribution in [0.2, 0.25) is 0 Å². The molecule has 0 radical (unpaired) electrons. The van der Waals surface area contributed by atoms with Crippen molar-refractivity contribution >= 4 is 17.6 Å². The van der Waals surface area contributed by atoms with Crippen molar-refractivity contribution in [2.24, 2.45) is 16.6 Å². The summed E-state index contributed by atoms with van der Waals surface area (Å²) in [6, 6.07) is 5.78. The van der Waals surface area contributed by atoms with Gasteiger partial charge in [-0.1, -0.05) is 0 Å². The number of anilines is 1. The van der Waals surface area contributed by atoms with Crippen molar-refractivity contribution in [2.75, 3.05) is 25.2 Å². The number of nitrogens with one attached hydrogen (secondary N) is 1. The Bertz CT molecular complexity index is 970. The number of carbonyl (C=O) groups is 1. The van der Waals surface area contributed by atoms with Crippen LogP contribution in [-0.2, 0) is 15.0 Å². The van der Waals surface area contributed by atoms with Gasteiger partial charge >= 0.3 is 0 Å². The van der Waals surface area contributed by atoms with E-state index >= 15 is 0 Å². The predicted octanol–water partition coefficient (Wildman–Crippen LogP) is 2.14. The Hall–Kier alpha value is -3.14. The molecule has 2 aliphatic heterocycles. The van der Waals surface area contributed by atoms with Crippen molar-refractivity contribution in [3.8, 4) is 0 Å². The predicted molar refractivity (Wildman–Crippen MR) is 97.0 cm³/mol. The number of carbonyl (C=O) groups excluding carboxylic acids is 1. The third-order valence-corrected chi connectivity index (χ3v) is 5.08. The molecule has 10 heteroatoms. The van der Waals surface area contributed by atoms with Gasteiger partial charge in [0.15, 0.2) is 0 Å². The van der Waals surface area contributed by atoms with Crippen molar-refractivity contribution in [1.82, 2.24) is 4.98 Å². The standard InChI is InChI=1S/C19H17F3N4O3/c20-9-19(13-7-28-8-16(13)29-18(23)26-19)12-5-11(2-3-14(12)22)25-17(27)15-4-1-10(21)6-24-15/h1-6,13,16H,7-9H2,(H2,23,26)(H,25,27)/t13-,16+,19+/m0/s1. The Morgan fingerprint density at radius 1 is 1.28 bits per heavy atom. The van der Waals surface area contributed by atoms with Gasteiger partial charge in [-0.2, -0.15) is 0 Å². The fourth-order valence-electron chi connectivity index (χ4n) is 3.66. The number of alkyl halides is 1. The molecule has 2 aliphatic rings. The molecule has 29 heavy (non-hydrogen) atoms. The van der Waals surface area contributed by atoms with Gasteiger partial charge in [0.1, 0.15) is 35.6 Å². The highest BCUT2D eigenvalue weighted by Crippen LogP contribution is 2.44. The van der Waals surface area contributed by atoms with Gasteiger partial charge in [-0.15, -0.1) is 0 Å². The Balaban J connectivity index is 1.70. The van der Waals surface area contributed by atoms with Gasteiger partial charge in [-0.25, -0.2) is 23.1 Å². The number of ether oxygens (including phenoxy) is 2. The maximum absolute atomic E-state index is 14.7. The number of nitrogens with two attached hydrogens (primary N) is 1. The smallest absolute Gasteiger partial charge is 0.283 e. The molecular weight excluding hydrogens is 389 g/mol. The van der Waals surface area contributed by atoms with Gasteiger partial charge in [0.25, 0.3) is 11.9 Å². The number of aromatic nitrogens is 1. The molecule has 1 amide bonds. The Morgan fingerprint density at radius 3 is 2.83 bits per heavy atom. The molecule has 1 saturated heterocycles. The molecule has 7 nitrogen and oxygen atoms in total. The average Bonchev–Trinajstić information content (AvgIpc) is 3.18. The lowest BCUT2D eigenvalue weighted by atomic mass is 9.76. The summed E-state index contributed by atoms with van der Waals surface area (Å²) in [5, 5.41) is 2.54. The third-order valence-electron chi connectivity index (χ3n) is 5.08. The lowest BCUT2D eigenvalue weighted by Crippen LogP contribution is -2.50. The van der Waals surface area contributed by atoms with Crippen LogP contribution in [0, 0.1) is 17.6 Å². The van der Waals surface area contributed by atoms with Crippen LogP contribution in [0.4, 0.5) is 18.9 Å². The van der Waals surface area contributed by atoms with Crippen LogP contribution >= 0.6 is 0 Å². The quantitative estimate of drug-likeness (QED) is 0.811. The van der Waals surface area contributed by atoms with E-state index in [9.17, 15) is 18.0 Å². The lowest BCUT2D eigenvalue weighted by Gasteiger charge is -2.39. The second-order valence-corrected chi connectivity index (χ2v) is 6.82. The maximum atomic E-state index is 14.7. The van der Waals surface area contributed by atoms with Crippen LogP contribution in [-0.4, -0.2) is 42.9 Å². The molecule has 2 aromatic rings. The van der Waals surface area contributed by atoms with Crippen LogP contribution in [0.3, 0.4) is 0 Å². The van der Waals surface area contributed by atoms with Gasteiger partial charge in [-0.05, 0) is 30.3 Å². The number of hydrogen-bond acceptors (Lipinski definition) is 6. The molecule has 0 saturated carbocycles. The summed E-state index contributed by atoms with van der Waals surface area (Å²) in [6.07, 6.45) is 0.354. The van der Waals surface area contributed by atoms with E-state index in [4.69, 9.17) is 15.2 Å². The van der Waals surface area contributed by atoms with Crippen LogP contribution in [0.15, 0.2) is 41.5 Å². The van der Waals surface area contributed by atoms with E-state index in [2.05, 4.69) is 15.3 Å². The normalized spacial score (nSPS) is 25.7. The van der Waals surface area contributed by atoms with Gasteiger partial charge in [-0.3, -0.25) is 4.79 Å². The fourth-order valence-corrected chi connectivity index (χ4v) is 3.66. The number of pyridine rings is 1. The Kier molecular flexibility index (Phi) is 4.87. The van der Waals surface area contributed by atoms with Crippen LogP contribution in [0.5, 0.6) is 0 Å². The highest BCUT2D eigenvalue weighted by Gasteiger charge is 2.53. The minimum absolute atomic E-state index is 0.0323. The summed E-state index contributed by atoms with van der Waals surface area (Å²) < 4.78 is 52.8. The number of halogens is 3. The molecule has 1 aromatic heterocycles. The van der Waals surface area contributed by atoms with E-state index < -0.39 is 41.8 Å². The molecule has 4 rings (SSSR count). The number of rotatable bonds is 4. The van der Waals surface area contributed by atoms with E-state index in [0.29, 0.717) is 0 Å². The molecule has 1 aromatic carbocycles. The molecule has 3 N–H and O–H groups in total. The molecule has 3 heterocycles. The molecule has 1 fully saturated rings. The van der Waals surface area contributed by atoms with Crippen LogP contribution < -0.4 is 11.1 Å². The van der Waals surface area contributed by atoms with Gasteiger partial charge in [0, 0.05) is 11.3 Å². The molecule has 0 aliphatic carbocycles. The highest BCUT2D eigenvalue weighted by atomic mass is 19.1. The number of aliphatic imine (C=N–C) groups is 1. The summed E-state index contributed by atoms with van der Waals surface area (Å²) in [5.74, 6) is -2.50. The summed E-state index contributed by atoms with van der Waals surface area (Å²) >= 11 is 0. The van der Waals surface area contributed by atoms with E-state index in [-0.39, 0.29) is 36.2 Å². The number of hydrogen-bond donors (Lipinski definition) is 2. The van der Waals surface area contributed by atoms with Crippen molar-refractivity contribution in [3.63, 3.8) is 0 Å². The highest BCUT2D eigenvalue weighted by molar-refractivity contribution is 6.02. The van der Waals surface area contributed by atoms with E-state index in [1.54, 1.807) is 0 Å². The SMILES string of the molecule is NC1=N[C@](CF)(c2cc(NC(=O)c3ccc(F)cn3)ccc2F)[C@H]2COC[C@H]2O1. The Morgan fingerprint density at radius 2 is 2.10 bits per heavy atom. The second kappa shape index (κ2) is 7.36. The van der Waals surface area contributed by atoms with E-state index in [1.165, 1.54) is 18.2 Å². The summed E-state index contributed by atoms with van der Waals surface area (Å²) in [6.45, 7) is -0.715. The largest absolute Gasteiger partial charge is 0.459 e. The first-order valence-corrected chi connectivity index (χ1v) is 8.81. The molecule has 0 spiro atoms. The number of amidine groups is 1. The van der Waals surface area contributed by atoms with Crippen molar-refractivity contribution in [2.45, 2.75) is 11.6 Å². The Labute approximate surface area is 163 Å². The van der Waals surface area contributed by atoms with Gasteiger partial charge < -0.3 is 20.5 Å². The minimum Gasteiger partial charge on any atom is -0.459 e. The van der Waals surface area contributed by atoms with Gasteiger partial charge in [0.2, 0.25) is 0 Å². The number of benzene rings is 1. The zero-order chi connectivity index (χ0) is 20.6. The second-order valence-electron chi connectivity index (χ2n) is 6.82. The first kappa shape index (κ1) is 19.2. The molecule has 152 valence electrons. The minimum atomic E-state index is -1.64. The summed E-state index contributed by atoms with van der Waals surface area (Å²) in [5.41, 5.74) is 4.16. The topological polar surface area (TPSA) is 98.8 Å².